The standard InChI is InChI=1S/C88H62N4S3/c1-7-25-73(26-8-1)94(74-27-9-2-10-28-74,75-29-11-3-12-30-75)79-55-45-65(46-56-79)63-39-49-70(50-40-63)91(71-51-41-64(42-52-71)66-47-57-80(58-48-66)95(76-31-13-4-14-32-76,77-33-15-5-16-34-77)78-35-17-6-18-36-78)85-60-59-81(87-88(85)90-93-89-87)67-43-53-72(54-44-67)92-84-38-22-21-37-82(84)83-61-68-23-19-20-24-69(68)62-86(83)92/h1-62H. The van der Waals surface area contributed by atoms with E-state index >= 15 is 0 Å². The lowest BCUT2D eigenvalue weighted by Crippen LogP contribution is -2.10. The van der Waals surface area contributed by atoms with Crippen LogP contribution in [-0.4, -0.2) is 13.3 Å². The van der Waals surface area contributed by atoms with Crippen LogP contribution >= 0.6 is 31.8 Å². The van der Waals surface area contributed by atoms with Crippen molar-refractivity contribution in [1.82, 2.24) is 13.3 Å². The quantitative estimate of drug-likeness (QED) is 0.103. The molecule has 0 atom stereocenters. The first kappa shape index (κ1) is 57.6. The first-order valence-corrected chi connectivity index (χ1v) is 36.1. The molecule has 0 aliphatic rings. The van der Waals surface area contributed by atoms with Crippen molar-refractivity contribution in [2.45, 2.75) is 39.2 Å². The SMILES string of the molecule is c1ccc(S(c2ccccc2)(c2ccccc2)c2ccc(-c3ccc(N(c4ccc(-c5ccc(S(c6ccccc6)(c6ccccc6)c6ccccc6)cc5)cc4)c4ccc(-c5ccc(-n6c7ccccc7c7cc8ccccc8cc76)cc5)c5nsnc45)cc3)cc2)cc1. The molecule has 0 unspecified atom stereocenters. The molecule has 17 rings (SSSR count). The summed E-state index contributed by atoms with van der Waals surface area (Å²) >= 11 is 1.26. The molecule has 2 aromatic heterocycles. The summed E-state index contributed by atoms with van der Waals surface area (Å²) < 4.78 is 12.6. The van der Waals surface area contributed by atoms with Gasteiger partial charge in [0, 0.05) is 72.6 Å². The van der Waals surface area contributed by atoms with E-state index in [2.05, 4.69) is 386 Å². The Labute approximate surface area is 561 Å². The highest BCUT2D eigenvalue weighted by atomic mass is 32.3. The Hall–Kier alpha value is -11.3. The van der Waals surface area contributed by atoms with E-state index in [4.69, 9.17) is 8.75 Å². The summed E-state index contributed by atoms with van der Waals surface area (Å²) in [6.45, 7) is 0. The number of hydrogen-bond donors (Lipinski definition) is 0. The molecule has 452 valence electrons. The summed E-state index contributed by atoms with van der Waals surface area (Å²) in [6.07, 6.45) is 0. The first-order chi connectivity index (χ1) is 47.1. The maximum atomic E-state index is 5.13. The van der Waals surface area contributed by atoms with E-state index in [0.29, 0.717) is 0 Å². The second kappa shape index (κ2) is 24.6. The van der Waals surface area contributed by atoms with Gasteiger partial charge in [-0.2, -0.15) is 8.75 Å². The number of para-hydroxylation sites is 1. The lowest BCUT2D eigenvalue weighted by molar-refractivity contribution is 1.18. The van der Waals surface area contributed by atoms with E-state index in [1.165, 1.54) is 83.5 Å². The van der Waals surface area contributed by atoms with Crippen LogP contribution in [0.2, 0.25) is 0 Å². The molecule has 0 aliphatic heterocycles. The fourth-order valence-corrected chi connectivity index (χ4v) is 22.4. The van der Waals surface area contributed by atoms with Gasteiger partial charge in [0.2, 0.25) is 0 Å². The average molecular weight is 1270 g/mol. The summed E-state index contributed by atoms with van der Waals surface area (Å²) in [5.41, 5.74) is 14.8. The fraction of sp³-hybridized carbons (Fsp3) is 0. The van der Waals surface area contributed by atoms with E-state index < -0.39 is 20.1 Å². The highest BCUT2D eigenvalue weighted by Gasteiger charge is 2.35. The predicted molar refractivity (Wildman–Crippen MR) is 400 cm³/mol. The summed E-state index contributed by atoms with van der Waals surface area (Å²) in [4.78, 5) is 12.7. The van der Waals surface area contributed by atoms with Gasteiger partial charge in [-0.15, -0.1) is 20.1 Å². The Morgan fingerprint density at radius 2 is 0.611 bits per heavy atom. The number of benzene rings is 15. The number of nitrogens with zero attached hydrogens (tertiary/aromatic N) is 4. The monoisotopic (exact) mass is 1270 g/mol. The zero-order valence-electron chi connectivity index (χ0n) is 51.8. The van der Waals surface area contributed by atoms with Crippen LogP contribution in [0.4, 0.5) is 17.1 Å². The van der Waals surface area contributed by atoms with Gasteiger partial charge in [0.05, 0.1) is 28.4 Å². The van der Waals surface area contributed by atoms with Crippen molar-refractivity contribution < 1.29 is 0 Å². The van der Waals surface area contributed by atoms with Gasteiger partial charge < -0.3 is 9.47 Å². The minimum absolute atomic E-state index is 0.840. The van der Waals surface area contributed by atoms with E-state index in [9.17, 15) is 0 Å². The smallest absolute Gasteiger partial charge is 0.129 e. The van der Waals surface area contributed by atoms with Crippen LogP contribution < -0.4 is 4.90 Å². The molecule has 0 fully saturated rings. The van der Waals surface area contributed by atoms with Crippen molar-refractivity contribution in [3.8, 4) is 39.1 Å². The maximum Gasteiger partial charge on any atom is 0.129 e. The Bertz CT molecular complexity index is 5130. The van der Waals surface area contributed by atoms with Crippen molar-refractivity contribution in [3.63, 3.8) is 0 Å². The van der Waals surface area contributed by atoms with Gasteiger partial charge in [-0.3, -0.25) is 0 Å². The second-order valence-electron chi connectivity index (χ2n) is 23.8. The fourth-order valence-electron chi connectivity index (χ4n) is 14.1. The van der Waals surface area contributed by atoms with E-state index in [0.717, 1.165) is 67.2 Å². The summed E-state index contributed by atoms with van der Waals surface area (Å²) in [5, 5.41) is 4.95. The molecule has 95 heavy (non-hydrogen) atoms. The van der Waals surface area contributed by atoms with Crippen molar-refractivity contribution >= 4 is 92.5 Å². The lowest BCUT2D eigenvalue weighted by atomic mass is 10.0. The van der Waals surface area contributed by atoms with E-state index in [1.54, 1.807) is 0 Å². The van der Waals surface area contributed by atoms with Crippen LogP contribution in [0.5, 0.6) is 0 Å². The molecule has 0 aliphatic carbocycles. The zero-order valence-corrected chi connectivity index (χ0v) is 54.3. The summed E-state index contributed by atoms with van der Waals surface area (Å²) in [7, 11) is -3.67. The minimum Gasteiger partial charge on any atom is -0.309 e. The topological polar surface area (TPSA) is 34.0 Å². The molecular weight excluding hydrogens is 1210 g/mol. The largest absolute Gasteiger partial charge is 0.309 e. The molecule has 0 radical (unpaired) electrons. The van der Waals surface area contributed by atoms with Gasteiger partial charge in [0.25, 0.3) is 0 Å². The number of rotatable bonds is 15. The van der Waals surface area contributed by atoms with Gasteiger partial charge in [0.1, 0.15) is 11.0 Å². The van der Waals surface area contributed by atoms with Crippen molar-refractivity contribution in [2.75, 3.05) is 4.90 Å². The third kappa shape index (κ3) is 10.0. The van der Waals surface area contributed by atoms with Crippen LogP contribution in [0.15, 0.2) is 415 Å². The van der Waals surface area contributed by atoms with Crippen molar-refractivity contribution in [2.24, 2.45) is 0 Å². The maximum absolute atomic E-state index is 5.13. The molecule has 15 aromatic carbocycles. The molecule has 2 heterocycles. The molecule has 0 spiro atoms. The minimum atomic E-state index is -1.83. The Morgan fingerprint density at radius 3 is 1.04 bits per heavy atom. The van der Waals surface area contributed by atoms with Crippen LogP contribution in [0.1, 0.15) is 0 Å². The third-order valence-corrected chi connectivity index (χ3v) is 26.9. The molecule has 0 saturated heterocycles. The zero-order chi connectivity index (χ0) is 63.1. The highest BCUT2D eigenvalue weighted by Crippen LogP contribution is 2.74. The van der Waals surface area contributed by atoms with Crippen molar-refractivity contribution in [3.05, 3.63) is 376 Å². The lowest BCUT2D eigenvalue weighted by Gasteiger charge is -2.42. The number of hydrogen-bond acceptors (Lipinski definition) is 4. The van der Waals surface area contributed by atoms with E-state index in [1.807, 2.05) is 0 Å². The number of anilines is 3. The second-order valence-corrected chi connectivity index (χ2v) is 30.5. The molecule has 0 saturated carbocycles. The first-order valence-electron chi connectivity index (χ1n) is 32.1. The molecule has 7 heteroatoms. The Balaban J connectivity index is 0.749. The van der Waals surface area contributed by atoms with Crippen LogP contribution in [-0.2, 0) is 0 Å². The van der Waals surface area contributed by atoms with Gasteiger partial charge in [-0.25, -0.2) is 0 Å². The summed E-state index contributed by atoms with van der Waals surface area (Å²) in [5.74, 6) is 0. The Kier molecular flexibility index (Phi) is 14.9. The van der Waals surface area contributed by atoms with Crippen LogP contribution in [0.25, 0.3) is 82.7 Å². The molecule has 4 nitrogen and oxygen atoms in total. The summed E-state index contributed by atoms with van der Waals surface area (Å²) in [6, 6.07) is 138. The predicted octanol–water partition coefficient (Wildman–Crippen LogP) is 25.1. The molecule has 0 N–H and O–H groups in total. The van der Waals surface area contributed by atoms with Gasteiger partial charge in [-0.05, 0) is 202 Å². The van der Waals surface area contributed by atoms with Crippen LogP contribution in [0, 0.1) is 0 Å². The highest BCUT2D eigenvalue weighted by molar-refractivity contribution is 8.34. The van der Waals surface area contributed by atoms with Crippen molar-refractivity contribution in [1.29, 1.82) is 0 Å². The molecular formula is C88H62N4S3. The molecule has 17 aromatic rings. The number of fused-ring (bicyclic) bond motifs is 5. The van der Waals surface area contributed by atoms with Gasteiger partial charge >= 0.3 is 0 Å². The van der Waals surface area contributed by atoms with Gasteiger partial charge in [-0.1, -0.05) is 212 Å². The molecule has 0 amide bonds. The Morgan fingerprint density at radius 1 is 0.263 bits per heavy atom. The van der Waals surface area contributed by atoms with E-state index in [-0.39, 0.29) is 0 Å². The molecule has 0 bridgehead atoms. The number of aromatic nitrogens is 3. The third-order valence-electron chi connectivity index (χ3n) is 18.5. The average Bonchev–Trinajstić information content (AvgIpc) is 0.935. The van der Waals surface area contributed by atoms with Crippen LogP contribution in [0.3, 0.4) is 0 Å². The van der Waals surface area contributed by atoms with Gasteiger partial charge in [0.15, 0.2) is 0 Å². The normalized spacial score (nSPS) is 12.1.